The van der Waals surface area contributed by atoms with Gasteiger partial charge in [0.1, 0.15) is 6.04 Å². The molecule has 0 radical (unpaired) electrons. The van der Waals surface area contributed by atoms with E-state index < -0.39 is 17.4 Å². The molecule has 4 rings (SSSR count). The van der Waals surface area contributed by atoms with E-state index in [4.69, 9.17) is 9.47 Å². The molecule has 1 saturated carbocycles. The van der Waals surface area contributed by atoms with Gasteiger partial charge in [-0.3, -0.25) is 19.6 Å². The van der Waals surface area contributed by atoms with Gasteiger partial charge >= 0.3 is 6.03 Å². The summed E-state index contributed by atoms with van der Waals surface area (Å²) in [6.07, 6.45) is 5.11. The van der Waals surface area contributed by atoms with Crippen LogP contribution in [0.4, 0.5) is 10.5 Å². The standard InChI is InChI=1S/C28H41N5O7/c1-28(2,3)24(30-25(35)20(16-33(38)17-34)14-19-6-4-5-7-19)26(36)31-10-12-32(13-11-31)27(37)29-21-8-9-22-23(15-21)40-18-39-22/h8-9,15,17,19-20,24,38H,4-7,10-14,16,18H2,1-3H3,(H,29,37)(H,30,35)/t20?,24-/m1/s1. The van der Waals surface area contributed by atoms with Crippen molar-refractivity contribution in [2.24, 2.45) is 17.3 Å². The number of nitrogens with one attached hydrogen (secondary N) is 2. The molecule has 1 aromatic carbocycles. The Bertz CT molecular complexity index is 1080. The smallest absolute Gasteiger partial charge is 0.321 e. The van der Waals surface area contributed by atoms with Crippen LogP contribution in [0.15, 0.2) is 18.2 Å². The number of ether oxygens (including phenoxy) is 2. The first-order valence-corrected chi connectivity index (χ1v) is 14.0. The van der Waals surface area contributed by atoms with E-state index in [1.54, 1.807) is 28.0 Å². The molecule has 1 aliphatic carbocycles. The fourth-order valence-corrected chi connectivity index (χ4v) is 5.58. The summed E-state index contributed by atoms with van der Waals surface area (Å²) in [7, 11) is 0. The van der Waals surface area contributed by atoms with Crippen LogP contribution in [0.1, 0.15) is 52.9 Å². The molecule has 0 spiro atoms. The highest BCUT2D eigenvalue weighted by Gasteiger charge is 2.39. The van der Waals surface area contributed by atoms with Gasteiger partial charge in [0.15, 0.2) is 11.5 Å². The molecule has 12 heteroatoms. The number of rotatable bonds is 9. The summed E-state index contributed by atoms with van der Waals surface area (Å²) in [5.41, 5.74) is 0.00803. The van der Waals surface area contributed by atoms with Crippen LogP contribution < -0.4 is 20.1 Å². The first-order chi connectivity index (χ1) is 19.0. The number of hydrogen-bond donors (Lipinski definition) is 3. The zero-order chi connectivity index (χ0) is 28.9. The first kappa shape index (κ1) is 29.4. The van der Waals surface area contributed by atoms with E-state index in [0.29, 0.717) is 67.2 Å². The maximum Gasteiger partial charge on any atom is 0.321 e. The van der Waals surface area contributed by atoms with Crippen molar-refractivity contribution in [1.82, 2.24) is 20.2 Å². The van der Waals surface area contributed by atoms with Crippen LogP contribution >= 0.6 is 0 Å². The second-order valence-electron chi connectivity index (χ2n) is 11.9. The molecule has 1 unspecified atom stereocenters. The Morgan fingerprint density at radius 2 is 1.73 bits per heavy atom. The highest BCUT2D eigenvalue weighted by Crippen LogP contribution is 2.34. The third-order valence-corrected chi connectivity index (χ3v) is 7.89. The molecular weight excluding hydrogens is 518 g/mol. The summed E-state index contributed by atoms with van der Waals surface area (Å²) in [5.74, 6) is 0.388. The molecule has 5 amide bonds. The maximum absolute atomic E-state index is 13.7. The van der Waals surface area contributed by atoms with Gasteiger partial charge in [0, 0.05) is 37.9 Å². The van der Waals surface area contributed by atoms with Crippen molar-refractivity contribution in [3.63, 3.8) is 0 Å². The van der Waals surface area contributed by atoms with E-state index in [0.717, 1.165) is 25.7 Å². The van der Waals surface area contributed by atoms with Crippen LogP contribution in [-0.4, -0.2) is 89.9 Å². The van der Waals surface area contributed by atoms with E-state index in [1.165, 1.54) is 0 Å². The number of hydrogen-bond acceptors (Lipinski definition) is 7. The zero-order valence-corrected chi connectivity index (χ0v) is 23.6. The highest BCUT2D eigenvalue weighted by atomic mass is 16.7. The van der Waals surface area contributed by atoms with Crippen LogP contribution in [0.2, 0.25) is 0 Å². The SMILES string of the molecule is CC(C)(C)[C@H](NC(=O)C(CC1CCCC1)CN(O)C=O)C(=O)N1CCN(C(=O)Nc2ccc3c(c2)OCO3)CC1. The molecule has 220 valence electrons. The van der Waals surface area contributed by atoms with Crippen molar-refractivity contribution in [3.8, 4) is 11.5 Å². The van der Waals surface area contributed by atoms with Crippen LogP contribution in [0.25, 0.3) is 0 Å². The maximum atomic E-state index is 13.7. The molecule has 40 heavy (non-hydrogen) atoms. The van der Waals surface area contributed by atoms with Crippen molar-refractivity contribution >= 4 is 29.9 Å². The number of nitrogens with zero attached hydrogens (tertiary/aromatic N) is 3. The van der Waals surface area contributed by atoms with Gasteiger partial charge in [-0.1, -0.05) is 46.5 Å². The van der Waals surface area contributed by atoms with Gasteiger partial charge in [0.25, 0.3) is 0 Å². The van der Waals surface area contributed by atoms with Gasteiger partial charge < -0.3 is 29.9 Å². The lowest BCUT2D eigenvalue weighted by atomic mass is 9.84. The van der Waals surface area contributed by atoms with E-state index in [9.17, 15) is 24.4 Å². The lowest BCUT2D eigenvalue weighted by Gasteiger charge is -2.40. The Morgan fingerprint density at radius 3 is 2.38 bits per heavy atom. The molecule has 1 aromatic rings. The minimum absolute atomic E-state index is 0.117. The molecule has 2 heterocycles. The minimum Gasteiger partial charge on any atom is -0.454 e. The van der Waals surface area contributed by atoms with Crippen molar-refractivity contribution in [2.45, 2.75) is 58.9 Å². The van der Waals surface area contributed by atoms with E-state index >= 15 is 0 Å². The Kier molecular flexibility index (Phi) is 9.39. The third kappa shape index (κ3) is 7.35. The fraction of sp³-hybridized carbons (Fsp3) is 0.643. The van der Waals surface area contributed by atoms with Gasteiger partial charge in [-0.25, -0.2) is 9.86 Å². The minimum atomic E-state index is -0.802. The molecule has 2 fully saturated rings. The average Bonchev–Trinajstić information content (AvgIpc) is 3.62. The number of urea groups is 1. The second kappa shape index (κ2) is 12.8. The van der Waals surface area contributed by atoms with Crippen molar-refractivity contribution in [3.05, 3.63) is 18.2 Å². The topological polar surface area (TPSA) is 141 Å². The predicted molar refractivity (Wildman–Crippen MR) is 146 cm³/mol. The number of amides is 5. The lowest BCUT2D eigenvalue weighted by Crippen LogP contribution is -2.60. The molecular formula is C28H41N5O7. The lowest BCUT2D eigenvalue weighted by molar-refractivity contribution is -0.156. The second-order valence-corrected chi connectivity index (χ2v) is 11.9. The predicted octanol–water partition coefficient (Wildman–Crippen LogP) is 2.67. The Hall–Kier alpha value is -3.54. The number of fused-ring (bicyclic) bond motifs is 1. The summed E-state index contributed by atoms with van der Waals surface area (Å²) in [6, 6.07) is 4.12. The molecule has 2 aliphatic heterocycles. The van der Waals surface area contributed by atoms with Gasteiger partial charge in [-0.15, -0.1) is 0 Å². The summed E-state index contributed by atoms with van der Waals surface area (Å²) in [6.45, 7) is 7.05. The zero-order valence-electron chi connectivity index (χ0n) is 23.6. The van der Waals surface area contributed by atoms with Crippen molar-refractivity contribution < 1.29 is 33.9 Å². The molecule has 3 aliphatic rings. The first-order valence-electron chi connectivity index (χ1n) is 14.0. The van der Waals surface area contributed by atoms with Gasteiger partial charge in [0.2, 0.25) is 25.0 Å². The largest absolute Gasteiger partial charge is 0.454 e. The summed E-state index contributed by atoms with van der Waals surface area (Å²) in [4.78, 5) is 54.3. The number of carbonyl (C=O) groups is 4. The van der Waals surface area contributed by atoms with Gasteiger partial charge in [-0.05, 0) is 29.9 Å². The van der Waals surface area contributed by atoms with Crippen molar-refractivity contribution in [1.29, 1.82) is 0 Å². The number of anilines is 1. The number of benzene rings is 1. The Balaban J connectivity index is 1.34. The molecule has 0 bridgehead atoms. The van der Waals surface area contributed by atoms with E-state index in [-0.39, 0.29) is 31.2 Å². The fourth-order valence-electron chi connectivity index (χ4n) is 5.58. The molecule has 3 N–H and O–H groups in total. The van der Waals surface area contributed by atoms with Crippen LogP contribution in [0.3, 0.4) is 0 Å². The Morgan fingerprint density at radius 1 is 1.07 bits per heavy atom. The number of carbonyl (C=O) groups excluding carboxylic acids is 4. The van der Waals surface area contributed by atoms with Crippen LogP contribution in [0.5, 0.6) is 11.5 Å². The van der Waals surface area contributed by atoms with E-state index in [2.05, 4.69) is 10.6 Å². The molecule has 1 saturated heterocycles. The average molecular weight is 560 g/mol. The number of piperazine rings is 1. The molecule has 12 nitrogen and oxygen atoms in total. The summed E-state index contributed by atoms with van der Waals surface area (Å²) >= 11 is 0. The Labute approximate surface area is 234 Å². The normalized spacial score (nSPS) is 18.7. The van der Waals surface area contributed by atoms with Crippen molar-refractivity contribution in [2.75, 3.05) is 44.8 Å². The molecule has 0 aromatic heterocycles. The van der Waals surface area contributed by atoms with Crippen LogP contribution in [-0.2, 0) is 14.4 Å². The molecule has 2 atom stereocenters. The highest BCUT2D eigenvalue weighted by molar-refractivity contribution is 5.91. The number of hydroxylamine groups is 2. The summed E-state index contributed by atoms with van der Waals surface area (Å²) in [5, 5.41) is 16.1. The van der Waals surface area contributed by atoms with Gasteiger partial charge in [-0.2, -0.15) is 0 Å². The third-order valence-electron chi connectivity index (χ3n) is 7.89. The van der Waals surface area contributed by atoms with E-state index in [1.807, 2.05) is 20.8 Å². The quantitative estimate of drug-likeness (QED) is 0.240. The monoisotopic (exact) mass is 559 g/mol. The van der Waals surface area contributed by atoms with Crippen LogP contribution in [0, 0.1) is 17.3 Å². The summed E-state index contributed by atoms with van der Waals surface area (Å²) < 4.78 is 10.7. The van der Waals surface area contributed by atoms with Gasteiger partial charge in [0.05, 0.1) is 12.5 Å².